The van der Waals surface area contributed by atoms with E-state index in [9.17, 15) is 10.1 Å². The third kappa shape index (κ3) is 3.32. The van der Waals surface area contributed by atoms with Crippen molar-refractivity contribution >= 4 is 21.7 Å². The van der Waals surface area contributed by atoms with E-state index in [-0.39, 0.29) is 5.78 Å². The average Bonchev–Trinajstić information content (AvgIpc) is 2.47. The zero-order valence-electron chi connectivity index (χ0n) is 11.8. The predicted molar refractivity (Wildman–Crippen MR) is 84.6 cm³/mol. The number of methoxy groups -OCH3 is 1. The maximum Gasteiger partial charge on any atom is 0.188 e. The molecular formula is C17H14BrNO2. The molecule has 0 saturated carbocycles. The van der Waals surface area contributed by atoms with Crippen LogP contribution in [0.3, 0.4) is 0 Å². The minimum atomic E-state index is -0.833. The van der Waals surface area contributed by atoms with Crippen molar-refractivity contribution in [2.45, 2.75) is 12.8 Å². The molecule has 2 rings (SSSR count). The van der Waals surface area contributed by atoms with E-state index >= 15 is 0 Å². The van der Waals surface area contributed by atoms with E-state index in [1.807, 2.05) is 25.1 Å². The summed E-state index contributed by atoms with van der Waals surface area (Å²) in [6.07, 6.45) is 0. The summed E-state index contributed by atoms with van der Waals surface area (Å²) >= 11 is 3.34. The van der Waals surface area contributed by atoms with Crippen LogP contribution in [0.1, 0.15) is 27.4 Å². The van der Waals surface area contributed by atoms with Gasteiger partial charge in [-0.15, -0.1) is 0 Å². The van der Waals surface area contributed by atoms with Gasteiger partial charge in [0.05, 0.1) is 18.7 Å². The van der Waals surface area contributed by atoms with Gasteiger partial charge in [0.1, 0.15) is 11.7 Å². The standard InChI is InChI=1S/C17H14BrNO2/c1-11-4-3-5-12(8-11)15(10-19)17(20)14-7-6-13(18)9-16(14)21-2/h3-9,15H,1-2H3. The van der Waals surface area contributed by atoms with Gasteiger partial charge < -0.3 is 4.74 Å². The van der Waals surface area contributed by atoms with E-state index in [0.717, 1.165) is 10.0 Å². The maximum atomic E-state index is 12.7. The molecule has 0 bridgehead atoms. The molecule has 0 fully saturated rings. The Morgan fingerprint density at radius 1 is 1.29 bits per heavy atom. The molecule has 0 N–H and O–H groups in total. The van der Waals surface area contributed by atoms with Gasteiger partial charge in [-0.3, -0.25) is 4.79 Å². The maximum absolute atomic E-state index is 12.7. The Hall–Kier alpha value is -2.12. The number of Topliss-reactive ketones (excluding diaryl/α,β-unsaturated/α-hetero) is 1. The first-order valence-electron chi connectivity index (χ1n) is 6.40. The van der Waals surface area contributed by atoms with E-state index in [1.54, 1.807) is 24.3 Å². The lowest BCUT2D eigenvalue weighted by atomic mass is 9.90. The van der Waals surface area contributed by atoms with Crippen molar-refractivity contribution in [3.8, 4) is 11.8 Å². The quantitative estimate of drug-likeness (QED) is 0.779. The third-order valence-corrected chi connectivity index (χ3v) is 3.69. The van der Waals surface area contributed by atoms with Gasteiger partial charge in [0, 0.05) is 4.47 Å². The number of benzene rings is 2. The molecule has 106 valence electrons. The molecule has 2 aromatic carbocycles. The monoisotopic (exact) mass is 343 g/mol. The number of ketones is 1. The summed E-state index contributed by atoms with van der Waals surface area (Å²) in [5.41, 5.74) is 2.13. The fraction of sp³-hybridized carbons (Fsp3) is 0.176. The van der Waals surface area contributed by atoms with Gasteiger partial charge >= 0.3 is 0 Å². The normalized spacial score (nSPS) is 11.5. The first kappa shape index (κ1) is 15.3. The Labute approximate surface area is 132 Å². The van der Waals surface area contributed by atoms with Gasteiger partial charge in [0.15, 0.2) is 5.78 Å². The van der Waals surface area contributed by atoms with Crippen LogP contribution in [-0.4, -0.2) is 12.9 Å². The molecule has 0 amide bonds. The molecule has 4 heteroatoms. The summed E-state index contributed by atoms with van der Waals surface area (Å²) in [4.78, 5) is 12.7. The number of nitrogens with zero attached hydrogens (tertiary/aromatic N) is 1. The first-order chi connectivity index (χ1) is 10.1. The van der Waals surface area contributed by atoms with Crippen molar-refractivity contribution in [2.75, 3.05) is 7.11 Å². The number of halogens is 1. The van der Waals surface area contributed by atoms with E-state index < -0.39 is 5.92 Å². The Bertz CT molecular complexity index is 719. The van der Waals surface area contributed by atoms with Crippen molar-refractivity contribution < 1.29 is 9.53 Å². The Kier molecular flexibility index (Phi) is 4.77. The van der Waals surface area contributed by atoms with Crippen LogP contribution in [-0.2, 0) is 0 Å². The van der Waals surface area contributed by atoms with Crippen LogP contribution in [0.5, 0.6) is 5.75 Å². The number of nitriles is 1. The predicted octanol–water partition coefficient (Wildman–Crippen LogP) is 4.26. The number of aryl methyl sites for hydroxylation is 1. The summed E-state index contributed by atoms with van der Waals surface area (Å²) in [6.45, 7) is 1.93. The van der Waals surface area contributed by atoms with Crippen LogP contribution in [0.25, 0.3) is 0 Å². The van der Waals surface area contributed by atoms with E-state index in [4.69, 9.17) is 4.74 Å². The van der Waals surface area contributed by atoms with Crippen LogP contribution in [0.4, 0.5) is 0 Å². The van der Waals surface area contributed by atoms with E-state index in [2.05, 4.69) is 22.0 Å². The number of rotatable bonds is 4. The van der Waals surface area contributed by atoms with Crippen LogP contribution < -0.4 is 4.74 Å². The smallest absolute Gasteiger partial charge is 0.188 e. The molecule has 0 saturated heterocycles. The molecule has 0 aliphatic heterocycles. The lowest BCUT2D eigenvalue weighted by molar-refractivity contribution is 0.0976. The summed E-state index contributed by atoms with van der Waals surface area (Å²) in [6, 6.07) is 14.7. The molecule has 0 aliphatic carbocycles. The van der Waals surface area contributed by atoms with Crippen LogP contribution in [0.15, 0.2) is 46.9 Å². The Balaban J connectivity index is 2.45. The highest BCUT2D eigenvalue weighted by Crippen LogP contribution is 2.29. The number of carbonyl (C=O) groups is 1. The second kappa shape index (κ2) is 6.55. The Morgan fingerprint density at radius 3 is 2.67 bits per heavy atom. The van der Waals surface area contributed by atoms with Crippen molar-refractivity contribution in [3.05, 3.63) is 63.6 Å². The summed E-state index contributed by atoms with van der Waals surface area (Å²) in [5, 5.41) is 9.40. The molecular weight excluding hydrogens is 330 g/mol. The van der Waals surface area contributed by atoms with Crippen molar-refractivity contribution in [1.29, 1.82) is 5.26 Å². The van der Waals surface area contributed by atoms with E-state index in [1.165, 1.54) is 7.11 Å². The fourth-order valence-electron chi connectivity index (χ4n) is 2.16. The Morgan fingerprint density at radius 2 is 2.05 bits per heavy atom. The number of carbonyl (C=O) groups excluding carboxylic acids is 1. The fourth-order valence-corrected chi connectivity index (χ4v) is 2.50. The van der Waals surface area contributed by atoms with Crippen LogP contribution >= 0.6 is 15.9 Å². The summed E-state index contributed by atoms with van der Waals surface area (Å²) in [7, 11) is 1.51. The van der Waals surface area contributed by atoms with Crippen LogP contribution in [0, 0.1) is 18.3 Å². The molecule has 21 heavy (non-hydrogen) atoms. The highest BCUT2D eigenvalue weighted by Gasteiger charge is 2.24. The second-order valence-corrected chi connectivity index (χ2v) is 5.60. The van der Waals surface area contributed by atoms with Crippen molar-refractivity contribution in [1.82, 2.24) is 0 Å². The van der Waals surface area contributed by atoms with Crippen molar-refractivity contribution in [2.24, 2.45) is 0 Å². The number of hydrogen-bond acceptors (Lipinski definition) is 3. The highest BCUT2D eigenvalue weighted by atomic mass is 79.9. The molecule has 3 nitrogen and oxygen atoms in total. The van der Waals surface area contributed by atoms with Crippen LogP contribution in [0.2, 0.25) is 0 Å². The van der Waals surface area contributed by atoms with Gasteiger partial charge in [0.2, 0.25) is 0 Å². The zero-order chi connectivity index (χ0) is 15.4. The highest BCUT2D eigenvalue weighted by molar-refractivity contribution is 9.10. The molecule has 1 atom stereocenters. The molecule has 2 aromatic rings. The summed E-state index contributed by atoms with van der Waals surface area (Å²) in [5.74, 6) is -0.630. The number of ether oxygens (including phenoxy) is 1. The van der Waals surface area contributed by atoms with Gasteiger partial charge in [0.25, 0.3) is 0 Å². The first-order valence-corrected chi connectivity index (χ1v) is 7.20. The van der Waals surface area contributed by atoms with Gasteiger partial charge in [-0.1, -0.05) is 45.8 Å². The van der Waals surface area contributed by atoms with Gasteiger partial charge in [-0.25, -0.2) is 0 Å². The second-order valence-electron chi connectivity index (χ2n) is 4.69. The summed E-state index contributed by atoms with van der Waals surface area (Å²) < 4.78 is 6.06. The molecule has 0 aromatic heterocycles. The SMILES string of the molecule is COc1cc(Br)ccc1C(=O)C(C#N)c1cccc(C)c1. The van der Waals surface area contributed by atoms with E-state index in [0.29, 0.717) is 16.9 Å². The molecule has 0 radical (unpaired) electrons. The lowest BCUT2D eigenvalue weighted by Gasteiger charge is -2.12. The van der Waals surface area contributed by atoms with Gasteiger partial charge in [-0.2, -0.15) is 5.26 Å². The minimum absolute atomic E-state index is 0.257. The molecule has 1 unspecified atom stereocenters. The zero-order valence-corrected chi connectivity index (χ0v) is 13.3. The van der Waals surface area contributed by atoms with Crippen molar-refractivity contribution in [3.63, 3.8) is 0 Å². The topological polar surface area (TPSA) is 50.1 Å². The third-order valence-electron chi connectivity index (χ3n) is 3.20. The largest absolute Gasteiger partial charge is 0.496 e. The molecule has 0 heterocycles. The minimum Gasteiger partial charge on any atom is -0.496 e. The molecule has 0 aliphatic rings. The number of hydrogen-bond donors (Lipinski definition) is 0. The molecule has 0 spiro atoms. The lowest BCUT2D eigenvalue weighted by Crippen LogP contribution is -2.12. The average molecular weight is 344 g/mol. The van der Waals surface area contributed by atoms with Gasteiger partial charge in [-0.05, 0) is 30.7 Å².